The van der Waals surface area contributed by atoms with Gasteiger partial charge in [-0.1, -0.05) is 48.5 Å². The maximum atomic E-state index is 13.1. The Labute approximate surface area is 248 Å². The number of rotatable bonds is 12. The summed E-state index contributed by atoms with van der Waals surface area (Å²) in [7, 11) is 4.01. The first-order valence-corrected chi connectivity index (χ1v) is 14.1. The molecule has 10 heteroatoms. The van der Waals surface area contributed by atoms with E-state index in [2.05, 4.69) is 25.8 Å². The van der Waals surface area contributed by atoms with E-state index < -0.39 is 17.6 Å². The second kappa shape index (κ2) is 15.5. The van der Waals surface area contributed by atoms with Gasteiger partial charge in [-0.2, -0.15) is 0 Å². The molecule has 0 atom stereocenters. The number of ether oxygens (including phenoxy) is 1. The van der Waals surface area contributed by atoms with Crippen LogP contribution in [0.5, 0.6) is 0 Å². The van der Waals surface area contributed by atoms with Crippen molar-refractivity contribution in [3.05, 3.63) is 89.7 Å². The standard InChI is InChI=1S/C32H42N6O4/c1-32(2,3)42-31(41)36-27-15-10-9-14-26(27)35-29(39)28-17-16-25(22-34-28)23-38(21-11-20-37(4)5)30(40)33-19-18-24-12-7-6-8-13-24/h6-10,12-17,22H,11,18-21,23H2,1-5H3,(H,33,40)(H,35,39)(H,36,41). The molecule has 3 rings (SSSR count). The third kappa shape index (κ3) is 11.2. The lowest BCUT2D eigenvalue weighted by Crippen LogP contribution is -2.41. The van der Waals surface area contributed by atoms with Gasteiger partial charge in [0.2, 0.25) is 0 Å². The molecule has 1 aromatic heterocycles. The number of amides is 4. The van der Waals surface area contributed by atoms with E-state index in [1.165, 1.54) is 5.56 Å². The Balaban J connectivity index is 1.61. The molecule has 42 heavy (non-hydrogen) atoms. The van der Waals surface area contributed by atoms with Crippen LogP contribution in [0.1, 0.15) is 48.8 Å². The predicted octanol–water partition coefficient (Wildman–Crippen LogP) is 5.39. The Morgan fingerprint density at radius 1 is 0.833 bits per heavy atom. The fourth-order valence-electron chi connectivity index (χ4n) is 4.07. The largest absolute Gasteiger partial charge is 0.444 e. The zero-order chi connectivity index (χ0) is 30.5. The molecule has 0 aliphatic rings. The van der Waals surface area contributed by atoms with Crippen LogP contribution in [0.25, 0.3) is 0 Å². The van der Waals surface area contributed by atoms with E-state index in [9.17, 15) is 14.4 Å². The van der Waals surface area contributed by atoms with Crippen molar-refractivity contribution in [2.24, 2.45) is 0 Å². The monoisotopic (exact) mass is 574 g/mol. The quantitative estimate of drug-likeness (QED) is 0.267. The smallest absolute Gasteiger partial charge is 0.412 e. The molecular weight excluding hydrogens is 532 g/mol. The minimum Gasteiger partial charge on any atom is -0.444 e. The van der Waals surface area contributed by atoms with E-state index >= 15 is 0 Å². The molecule has 10 nitrogen and oxygen atoms in total. The molecule has 0 unspecified atom stereocenters. The number of nitrogens with one attached hydrogen (secondary N) is 3. The summed E-state index contributed by atoms with van der Waals surface area (Å²) in [6, 6.07) is 20.2. The highest BCUT2D eigenvalue weighted by atomic mass is 16.6. The van der Waals surface area contributed by atoms with Crippen LogP contribution in [0.4, 0.5) is 21.0 Å². The van der Waals surface area contributed by atoms with Crippen molar-refractivity contribution in [3.8, 4) is 0 Å². The number of benzene rings is 2. The van der Waals surface area contributed by atoms with E-state index in [1.54, 1.807) is 68.3 Å². The first-order valence-electron chi connectivity index (χ1n) is 14.1. The van der Waals surface area contributed by atoms with Gasteiger partial charge in [-0.25, -0.2) is 9.59 Å². The minimum atomic E-state index is -0.654. The lowest BCUT2D eigenvalue weighted by atomic mass is 10.1. The van der Waals surface area contributed by atoms with Crippen molar-refractivity contribution < 1.29 is 19.1 Å². The van der Waals surface area contributed by atoms with Gasteiger partial charge in [0.25, 0.3) is 5.91 Å². The van der Waals surface area contributed by atoms with Crippen LogP contribution < -0.4 is 16.0 Å². The topological polar surface area (TPSA) is 116 Å². The zero-order valence-corrected chi connectivity index (χ0v) is 25.1. The number of carbonyl (C=O) groups is 3. The number of anilines is 2. The molecule has 0 radical (unpaired) electrons. The van der Waals surface area contributed by atoms with Crippen LogP contribution in [0.3, 0.4) is 0 Å². The highest BCUT2D eigenvalue weighted by molar-refractivity contribution is 6.05. The second-order valence-electron chi connectivity index (χ2n) is 11.2. The van der Waals surface area contributed by atoms with Gasteiger partial charge in [0.15, 0.2) is 0 Å². The Kier molecular flexibility index (Phi) is 11.9. The summed E-state index contributed by atoms with van der Waals surface area (Å²) < 4.78 is 5.32. The van der Waals surface area contributed by atoms with Gasteiger partial charge in [-0.05, 0) is 83.6 Å². The van der Waals surface area contributed by atoms with Crippen molar-refractivity contribution in [1.82, 2.24) is 20.1 Å². The number of carbonyl (C=O) groups excluding carboxylic acids is 3. The van der Waals surface area contributed by atoms with Gasteiger partial charge < -0.3 is 25.2 Å². The van der Waals surface area contributed by atoms with Gasteiger partial charge in [-0.15, -0.1) is 0 Å². The van der Waals surface area contributed by atoms with Crippen LogP contribution in [-0.2, 0) is 17.7 Å². The third-order valence-corrected chi connectivity index (χ3v) is 6.09. The summed E-state index contributed by atoms with van der Waals surface area (Å²) in [4.78, 5) is 46.5. The molecular formula is C32H42N6O4. The molecule has 3 N–H and O–H groups in total. The summed E-state index contributed by atoms with van der Waals surface area (Å²) in [5.41, 5.74) is 2.35. The summed E-state index contributed by atoms with van der Waals surface area (Å²) in [5.74, 6) is -0.429. The Hall–Kier alpha value is -4.44. The summed E-state index contributed by atoms with van der Waals surface area (Å²) in [6.07, 6.45) is 2.56. The number of urea groups is 1. The Morgan fingerprint density at radius 3 is 2.12 bits per heavy atom. The number of aromatic nitrogens is 1. The maximum absolute atomic E-state index is 13.1. The highest BCUT2D eigenvalue weighted by Gasteiger charge is 2.19. The van der Waals surface area contributed by atoms with Crippen LogP contribution in [-0.4, -0.2) is 72.1 Å². The first-order chi connectivity index (χ1) is 20.0. The minimum absolute atomic E-state index is 0.138. The number of hydrogen-bond acceptors (Lipinski definition) is 6. The molecule has 0 fully saturated rings. The zero-order valence-electron chi connectivity index (χ0n) is 25.1. The number of pyridine rings is 1. The average molecular weight is 575 g/mol. The van der Waals surface area contributed by atoms with Crippen LogP contribution in [0, 0.1) is 0 Å². The van der Waals surface area contributed by atoms with Gasteiger partial charge >= 0.3 is 12.1 Å². The van der Waals surface area contributed by atoms with Crippen LogP contribution >= 0.6 is 0 Å². The van der Waals surface area contributed by atoms with Crippen molar-refractivity contribution in [2.75, 3.05) is 44.4 Å². The molecule has 4 amide bonds. The molecule has 0 bridgehead atoms. The van der Waals surface area contributed by atoms with E-state index in [4.69, 9.17) is 4.74 Å². The lowest BCUT2D eigenvalue weighted by molar-refractivity contribution is 0.0635. The van der Waals surface area contributed by atoms with E-state index in [-0.39, 0.29) is 11.7 Å². The maximum Gasteiger partial charge on any atom is 0.412 e. The number of nitrogens with zero attached hydrogens (tertiary/aromatic N) is 3. The van der Waals surface area contributed by atoms with Crippen LogP contribution in [0.15, 0.2) is 72.9 Å². The van der Waals surface area contributed by atoms with Gasteiger partial charge in [-0.3, -0.25) is 15.1 Å². The average Bonchev–Trinajstić information content (AvgIpc) is 2.93. The molecule has 0 aliphatic carbocycles. The van der Waals surface area contributed by atoms with Gasteiger partial charge in [0.05, 0.1) is 11.4 Å². The third-order valence-electron chi connectivity index (χ3n) is 6.09. The highest BCUT2D eigenvalue weighted by Crippen LogP contribution is 2.23. The van der Waals surface area contributed by atoms with Crippen molar-refractivity contribution >= 4 is 29.4 Å². The van der Waals surface area contributed by atoms with Crippen molar-refractivity contribution in [3.63, 3.8) is 0 Å². The van der Waals surface area contributed by atoms with Gasteiger partial charge in [0, 0.05) is 25.8 Å². The fraction of sp³-hybridized carbons (Fsp3) is 0.375. The number of hydrogen-bond donors (Lipinski definition) is 3. The Bertz CT molecular complexity index is 1310. The first kappa shape index (κ1) is 32.1. The van der Waals surface area contributed by atoms with E-state index in [0.717, 1.165) is 24.9 Å². The molecule has 0 aliphatic heterocycles. The van der Waals surface area contributed by atoms with Gasteiger partial charge in [0.1, 0.15) is 11.3 Å². The van der Waals surface area contributed by atoms with Crippen molar-refractivity contribution in [2.45, 2.75) is 45.8 Å². The fourth-order valence-corrected chi connectivity index (χ4v) is 4.07. The summed E-state index contributed by atoms with van der Waals surface area (Å²) in [5, 5.41) is 8.50. The molecule has 224 valence electrons. The lowest BCUT2D eigenvalue weighted by Gasteiger charge is -2.24. The normalized spacial score (nSPS) is 11.1. The molecule has 0 saturated carbocycles. The predicted molar refractivity (Wildman–Crippen MR) is 166 cm³/mol. The Morgan fingerprint density at radius 2 is 1.50 bits per heavy atom. The SMILES string of the molecule is CN(C)CCCN(Cc1ccc(C(=O)Nc2ccccc2NC(=O)OC(C)(C)C)nc1)C(=O)NCCc1ccccc1. The summed E-state index contributed by atoms with van der Waals surface area (Å²) in [6.45, 7) is 7.66. The van der Waals surface area contributed by atoms with E-state index in [1.807, 2.05) is 44.4 Å². The van der Waals surface area contributed by atoms with Crippen molar-refractivity contribution in [1.29, 1.82) is 0 Å². The molecule has 0 saturated heterocycles. The number of para-hydroxylation sites is 2. The molecule has 2 aromatic carbocycles. The summed E-state index contributed by atoms with van der Waals surface area (Å²) >= 11 is 0. The second-order valence-corrected chi connectivity index (χ2v) is 11.2. The van der Waals surface area contributed by atoms with Crippen LogP contribution in [0.2, 0.25) is 0 Å². The molecule has 1 heterocycles. The molecule has 3 aromatic rings. The van der Waals surface area contributed by atoms with E-state index in [0.29, 0.717) is 31.0 Å². The molecule has 0 spiro atoms.